The van der Waals surface area contributed by atoms with Gasteiger partial charge in [-0.3, -0.25) is 9.47 Å². The summed E-state index contributed by atoms with van der Waals surface area (Å²) in [7, 11) is 0. The zero-order valence-corrected chi connectivity index (χ0v) is 25.9. The Morgan fingerprint density at radius 3 is 2.41 bits per heavy atom. The number of fused-ring (bicyclic) bond motifs is 8. The molecule has 6 nitrogen and oxygen atoms in total. The summed E-state index contributed by atoms with van der Waals surface area (Å²) in [6.07, 6.45) is 3.82. The zero-order chi connectivity index (χ0) is 33.0. The van der Waals surface area contributed by atoms with Crippen LogP contribution in [-0.4, -0.2) is 39.5 Å². The predicted molar refractivity (Wildman–Crippen MR) is 177 cm³/mol. The van der Waals surface area contributed by atoms with E-state index in [9.17, 15) is 4.79 Å². The lowest BCUT2D eigenvalue weighted by molar-refractivity contribution is 0.175. The highest BCUT2D eigenvalue weighted by atomic mass is 16.5. The summed E-state index contributed by atoms with van der Waals surface area (Å²) in [6, 6.07) is 25.2. The van der Waals surface area contributed by atoms with E-state index in [2.05, 4.69) is 75.6 Å². The summed E-state index contributed by atoms with van der Waals surface area (Å²) in [4.78, 5) is 21.6. The third-order valence-corrected chi connectivity index (χ3v) is 10.7. The number of hydrogen-bond acceptors (Lipinski definition) is 3. The molecule has 3 fully saturated rings. The van der Waals surface area contributed by atoms with Crippen molar-refractivity contribution in [3.05, 3.63) is 90.6 Å². The molecule has 2 bridgehead atoms. The number of carbonyl (C=O) groups excluding carboxylic acids is 1. The molecule has 2 aromatic heterocycles. The van der Waals surface area contributed by atoms with Gasteiger partial charge in [-0.05, 0) is 83.5 Å². The Labute approximate surface area is 263 Å². The average molecular weight is 588 g/mol. The number of carbonyl (C=O) groups is 1. The van der Waals surface area contributed by atoms with Crippen molar-refractivity contribution in [1.82, 2.24) is 14.5 Å². The van der Waals surface area contributed by atoms with E-state index in [1.165, 1.54) is 10.5 Å². The van der Waals surface area contributed by atoms with Crippen LogP contribution in [0.3, 0.4) is 0 Å². The third-order valence-electron chi connectivity index (χ3n) is 10.7. The first-order valence-corrected chi connectivity index (χ1v) is 15.7. The fraction of sp³-hybridized carbons (Fsp3) is 0.368. The van der Waals surface area contributed by atoms with Gasteiger partial charge in [-0.15, -0.1) is 0 Å². The van der Waals surface area contributed by atoms with Gasteiger partial charge in [-0.25, -0.2) is 9.78 Å². The van der Waals surface area contributed by atoms with Crippen LogP contribution in [0.15, 0.2) is 85.1 Å². The molecule has 2 aliphatic carbocycles. The van der Waals surface area contributed by atoms with Gasteiger partial charge in [0.05, 0.1) is 23.1 Å². The number of likely N-dealkylation sites (N-methyl/N-ethyl adjacent to an activating group) is 1. The van der Waals surface area contributed by atoms with E-state index in [0.717, 1.165) is 40.5 Å². The molecule has 224 valence electrons. The van der Waals surface area contributed by atoms with Crippen LogP contribution < -0.4 is 9.64 Å². The summed E-state index contributed by atoms with van der Waals surface area (Å²) >= 11 is 0. The number of aromatic nitrogens is 2. The topological polar surface area (TPSA) is 50.6 Å². The van der Waals surface area contributed by atoms with Crippen LogP contribution in [-0.2, 0) is 5.41 Å². The quantitative estimate of drug-likeness (QED) is 0.211. The average Bonchev–Trinajstić information content (AvgIpc) is 3.67. The molecule has 1 saturated heterocycles. The molecule has 4 unspecified atom stereocenters. The molecule has 6 heteroatoms. The first kappa shape index (κ1) is 24.1. The number of anilines is 1. The van der Waals surface area contributed by atoms with Gasteiger partial charge >= 0.3 is 6.03 Å². The minimum Gasteiger partial charge on any atom is -0.457 e. The van der Waals surface area contributed by atoms with Gasteiger partial charge in [0.15, 0.2) is 0 Å². The SMILES string of the molecule is [2H]C([2H])([2H])N1C(=O)N(c2cccc(Oc3ccc4c5ccccc5n(-c5cc(C(C)(C)C)ccn5)c4c3)c2)C2C1C1CCC2C1(C)C. The van der Waals surface area contributed by atoms with Crippen molar-refractivity contribution in [2.75, 3.05) is 11.9 Å². The number of hydrogen-bond donors (Lipinski definition) is 0. The van der Waals surface area contributed by atoms with Crippen LogP contribution in [0, 0.1) is 17.3 Å². The molecule has 2 saturated carbocycles. The molecule has 3 aromatic carbocycles. The molecule has 2 amide bonds. The predicted octanol–water partition coefficient (Wildman–Crippen LogP) is 8.94. The molecule has 0 radical (unpaired) electrons. The number of amides is 2. The number of pyridine rings is 1. The largest absolute Gasteiger partial charge is 0.457 e. The van der Waals surface area contributed by atoms with Crippen molar-refractivity contribution >= 4 is 33.5 Å². The second-order valence-electron chi connectivity index (χ2n) is 14.4. The molecule has 3 heterocycles. The lowest BCUT2D eigenvalue weighted by Gasteiger charge is -2.32. The Hall–Kier alpha value is -4.32. The van der Waals surface area contributed by atoms with E-state index in [-0.39, 0.29) is 34.7 Å². The van der Waals surface area contributed by atoms with E-state index in [1.54, 1.807) is 4.90 Å². The Kier molecular flexibility index (Phi) is 5.11. The normalized spacial score (nSPS) is 25.4. The minimum absolute atomic E-state index is 0.0270. The first-order valence-electron chi connectivity index (χ1n) is 17.2. The molecule has 44 heavy (non-hydrogen) atoms. The molecule has 0 N–H and O–H groups in total. The zero-order valence-electron chi connectivity index (χ0n) is 28.9. The van der Waals surface area contributed by atoms with Gasteiger partial charge in [0, 0.05) is 45.9 Å². The summed E-state index contributed by atoms with van der Waals surface area (Å²) in [5.41, 5.74) is 3.84. The highest BCUT2D eigenvalue weighted by molar-refractivity contribution is 6.09. The summed E-state index contributed by atoms with van der Waals surface area (Å²) in [5.74, 6) is 2.46. The fourth-order valence-electron chi connectivity index (χ4n) is 8.50. The maximum atomic E-state index is 13.9. The third kappa shape index (κ3) is 3.85. The van der Waals surface area contributed by atoms with Gasteiger partial charge in [0.2, 0.25) is 0 Å². The van der Waals surface area contributed by atoms with E-state index in [0.29, 0.717) is 17.2 Å². The van der Waals surface area contributed by atoms with Crippen molar-refractivity contribution < 1.29 is 13.6 Å². The number of ether oxygens (including phenoxy) is 1. The summed E-state index contributed by atoms with van der Waals surface area (Å²) < 4.78 is 33.5. The maximum absolute atomic E-state index is 13.9. The highest BCUT2D eigenvalue weighted by Crippen LogP contribution is 2.62. The monoisotopic (exact) mass is 587 g/mol. The van der Waals surface area contributed by atoms with Gasteiger partial charge in [0.25, 0.3) is 0 Å². The fourth-order valence-corrected chi connectivity index (χ4v) is 8.50. The van der Waals surface area contributed by atoms with E-state index in [1.807, 2.05) is 48.7 Å². The van der Waals surface area contributed by atoms with Gasteiger partial charge in [0.1, 0.15) is 17.3 Å². The van der Waals surface area contributed by atoms with Crippen molar-refractivity contribution in [3.63, 3.8) is 0 Å². The van der Waals surface area contributed by atoms with Gasteiger partial charge in [-0.1, -0.05) is 58.9 Å². The van der Waals surface area contributed by atoms with Crippen molar-refractivity contribution in [3.8, 4) is 17.3 Å². The first-order chi connectivity index (χ1) is 22.2. The number of rotatable bonds is 4. The van der Waals surface area contributed by atoms with Crippen LogP contribution in [0.25, 0.3) is 27.6 Å². The summed E-state index contributed by atoms with van der Waals surface area (Å²) in [5, 5.41) is 2.23. The molecule has 3 aliphatic rings. The van der Waals surface area contributed by atoms with Crippen LogP contribution >= 0.6 is 0 Å². The summed E-state index contributed by atoms with van der Waals surface area (Å²) in [6.45, 7) is 8.57. The van der Waals surface area contributed by atoms with Gasteiger partial charge < -0.3 is 9.64 Å². The molecule has 0 spiro atoms. The second kappa shape index (κ2) is 9.34. The Morgan fingerprint density at radius 2 is 1.61 bits per heavy atom. The number of urea groups is 1. The molecular formula is C38H40N4O2. The van der Waals surface area contributed by atoms with Crippen molar-refractivity contribution in [2.24, 2.45) is 17.3 Å². The van der Waals surface area contributed by atoms with E-state index < -0.39 is 13.0 Å². The molecule has 4 atom stereocenters. The van der Waals surface area contributed by atoms with Crippen LogP contribution in [0.4, 0.5) is 10.5 Å². The standard InChI is InChI=1S/C38H40N4O2/c1-37(2,3)23-18-19-39-33(20-23)42-31-13-8-7-12-27(31)28-15-14-26(22-32(28)42)44-25-11-9-10-24(21-25)41-35-30-17-16-29(38(30,4)5)34(35)40(6)36(41)43/h7-15,18-22,29-30,34-35H,16-17H2,1-6H3/i6D3. The van der Waals surface area contributed by atoms with Crippen LogP contribution in [0.1, 0.15) is 57.1 Å². The highest BCUT2D eigenvalue weighted by Gasteiger charge is 2.66. The van der Waals surface area contributed by atoms with E-state index >= 15 is 0 Å². The maximum Gasteiger partial charge on any atom is 0.324 e. The molecule has 1 aliphatic heterocycles. The van der Waals surface area contributed by atoms with Crippen LogP contribution in [0.5, 0.6) is 11.5 Å². The van der Waals surface area contributed by atoms with E-state index in [4.69, 9.17) is 13.8 Å². The minimum atomic E-state index is -2.50. The molecule has 5 aromatic rings. The van der Waals surface area contributed by atoms with Crippen molar-refractivity contribution in [2.45, 2.75) is 65.0 Å². The lowest BCUT2D eigenvalue weighted by atomic mass is 9.81. The second-order valence-corrected chi connectivity index (χ2v) is 14.4. The number of nitrogens with zero attached hydrogens (tertiary/aromatic N) is 4. The molecular weight excluding hydrogens is 544 g/mol. The number of para-hydroxylation sites is 1. The van der Waals surface area contributed by atoms with Gasteiger partial charge in [-0.2, -0.15) is 0 Å². The Bertz CT molecular complexity index is 2060. The lowest BCUT2D eigenvalue weighted by Crippen LogP contribution is -2.41. The Morgan fingerprint density at radius 1 is 0.864 bits per heavy atom. The smallest absolute Gasteiger partial charge is 0.324 e. The van der Waals surface area contributed by atoms with Crippen LogP contribution in [0.2, 0.25) is 0 Å². The molecule has 8 rings (SSSR count). The Balaban J connectivity index is 1.18. The number of benzene rings is 3. The van der Waals surface area contributed by atoms with Crippen molar-refractivity contribution in [1.29, 1.82) is 0 Å².